The topological polar surface area (TPSA) is 81.4 Å². The molecule has 126 valence electrons. The van der Waals surface area contributed by atoms with Crippen molar-refractivity contribution in [2.75, 3.05) is 18.0 Å². The van der Waals surface area contributed by atoms with E-state index in [1.54, 1.807) is 12.1 Å². The minimum absolute atomic E-state index is 0.0209. The van der Waals surface area contributed by atoms with E-state index in [1.807, 2.05) is 24.0 Å². The smallest absolute Gasteiger partial charge is 0.373 e. The molecule has 2 heterocycles. The number of aryl methyl sites for hydroxylation is 1. The maximum absolute atomic E-state index is 11.6. The lowest BCUT2D eigenvalue weighted by atomic mass is 9.99. The van der Waals surface area contributed by atoms with E-state index < -0.39 is 4.92 Å². The molecular formula is C17H20N4O3. The van der Waals surface area contributed by atoms with Crippen LogP contribution in [0, 0.1) is 23.0 Å². The third kappa shape index (κ3) is 3.45. The minimum atomic E-state index is -0.461. The number of nitro groups is 1. The van der Waals surface area contributed by atoms with E-state index >= 15 is 0 Å². The van der Waals surface area contributed by atoms with Crippen molar-refractivity contribution in [2.24, 2.45) is 5.92 Å². The number of benzene rings is 1. The zero-order valence-corrected chi connectivity index (χ0v) is 13.8. The Labute approximate surface area is 140 Å². The van der Waals surface area contributed by atoms with Gasteiger partial charge in [0.15, 0.2) is 0 Å². The highest BCUT2D eigenvalue weighted by atomic mass is 16.6. The maximum Gasteiger partial charge on any atom is 0.373 e. The second-order valence-corrected chi connectivity index (χ2v) is 6.19. The summed E-state index contributed by atoms with van der Waals surface area (Å²) in [5, 5.41) is 11.6. The Morgan fingerprint density at radius 2 is 1.88 bits per heavy atom. The zero-order chi connectivity index (χ0) is 17.1. The van der Waals surface area contributed by atoms with Crippen LogP contribution in [-0.2, 0) is 0 Å². The average molecular weight is 328 g/mol. The summed E-state index contributed by atoms with van der Waals surface area (Å²) < 4.78 is 5.66. The van der Waals surface area contributed by atoms with Gasteiger partial charge in [-0.3, -0.25) is 10.1 Å². The predicted octanol–water partition coefficient (Wildman–Crippen LogP) is 3.72. The number of hydrogen-bond acceptors (Lipinski definition) is 6. The molecule has 1 fully saturated rings. The molecule has 0 atom stereocenters. The fourth-order valence-corrected chi connectivity index (χ4v) is 2.76. The van der Waals surface area contributed by atoms with Gasteiger partial charge in [0.2, 0.25) is 5.82 Å². The maximum atomic E-state index is 11.6. The second-order valence-electron chi connectivity index (χ2n) is 6.19. The average Bonchev–Trinajstić information content (AvgIpc) is 2.57. The van der Waals surface area contributed by atoms with Crippen LogP contribution in [0.3, 0.4) is 0 Å². The van der Waals surface area contributed by atoms with Crippen molar-refractivity contribution >= 4 is 11.5 Å². The Morgan fingerprint density at radius 3 is 2.50 bits per heavy atom. The van der Waals surface area contributed by atoms with E-state index in [4.69, 9.17) is 4.74 Å². The lowest BCUT2D eigenvalue weighted by Crippen LogP contribution is -2.34. The lowest BCUT2D eigenvalue weighted by molar-refractivity contribution is -0.385. The van der Waals surface area contributed by atoms with Crippen molar-refractivity contribution in [1.29, 1.82) is 0 Å². The van der Waals surface area contributed by atoms with Gasteiger partial charge in [-0.25, -0.2) is 4.98 Å². The number of aromatic nitrogens is 2. The highest BCUT2D eigenvalue weighted by Gasteiger charge is 2.30. The van der Waals surface area contributed by atoms with E-state index in [1.165, 1.54) is 6.33 Å². The Kier molecular flexibility index (Phi) is 4.59. The molecule has 0 bridgehead atoms. The van der Waals surface area contributed by atoms with Crippen LogP contribution in [0.1, 0.15) is 25.3 Å². The SMILES string of the molecule is Cc1ccc(Oc2ncnc(N3CCC(C)CC3)c2[N+](=O)[O-])cc1. The van der Waals surface area contributed by atoms with E-state index in [2.05, 4.69) is 16.9 Å². The Balaban J connectivity index is 1.93. The van der Waals surface area contributed by atoms with E-state index in [9.17, 15) is 10.1 Å². The molecule has 1 aromatic heterocycles. The molecule has 1 saturated heterocycles. The molecular weight excluding hydrogens is 308 g/mol. The molecule has 1 aliphatic heterocycles. The lowest BCUT2D eigenvalue weighted by Gasteiger charge is -2.30. The van der Waals surface area contributed by atoms with Crippen LogP contribution in [0.4, 0.5) is 11.5 Å². The van der Waals surface area contributed by atoms with Crippen molar-refractivity contribution in [2.45, 2.75) is 26.7 Å². The largest absolute Gasteiger partial charge is 0.434 e. The van der Waals surface area contributed by atoms with Gasteiger partial charge in [-0.15, -0.1) is 0 Å². The number of hydrogen-bond donors (Lipinski definition) is 0. The van der Waals surface area contributed by atoms with Gasteiger partial charge in [0.25, 0.3) is 0 Å². The molecule has 0 saturated carbocycles. The highest BCUT2D eigenvalue weighted by Crippen LogP contribution is 2.37. The normalized spacial score (nSPS) is 15.3. The number of rotatable bonds is 4. The highest BCUT2D eigenvalue weighted by molar-refractivity contribution is 5.63. The first-order valence-electron chi connectivity index (χ1n) is 8.03. The van der Waals surface area contributed by atoms with Gasteiger partial charge in [-0.05, 0) is 37.8 Å². The fraction of sp³-hybridized carbons (Fsp3) is 0.412. The summed E-state index contributed by atoms with van der Waals surface area (Å²) >= 11 is 0. The van der Waals surface area contributed by atoms with Crippen molar-refractivity contribution < 1.29 is 9.66 Å². The Hall–Kier alpha value is -2.70. The molecule has 0 unspecified atom stereocenters. The standard InChI is InChI=1S/C17H20N4O3/c1-12-3-5-14(6-4-12)24-17-15(21(22)23)16(18-11-19-17)20-9-7-13(2)8-10-20/h3-6,11,13H,7-10H2,1-2H3. The van der Waals surface area contributed by atoms with Crippen molar-refractivity contribution in [3.63, 3.8) is 0 Å². The molecule has 1 aromatic carbocycles. The molecule has 7 heteroatoms. The van der Waals surface area contributed by atoms with Gasteiger partial charge in [0.1, 0.15) is 12.1 Å². The number of nitrogens with zero attached hydrogens (tertiary/aromatic N) is 4. The molecule has 3 rings (SSSR count). The molecule has 0 aliphatic carbocycles. The summed E-state index contributed by atoms with van der Waals surface area (Å²) in [6.07, 6.45) is 3.31. The van der Waals surface area contributed by atoms with Crippen LogP contribution in [0.5, 0.6) is 11.6 Å². The summed E-state index contributed by atoms with van der Waals surface area (Å²) in [4.78, 5) is 21.2. The van der Waals surface area contributed by atoms with Gasteiger partial charge in [-0.1, -0.05) is 24.6 Å². The molecule has 0 spiro atoms. The van der Waals surface area contributed by atoms with Gasteiger partial charge >= 0.3 is 11.6 Å². The number of piperidine rings is 1. The predicted molar refractivity (Wildman–Crippen MR) is 90.6 cm³/mol. The first kappa shape index (κ1) is 16.2. The second kappa shape index (κ2) is 6.82. The summed E-state index contributed by atoms with van der Waals surface area (Å²) in [6.45, 7) is 5.66. The summed E-state index contributed by atoms with van der Waals surface area (Å²) in [7, 11) is 0. The molecule has 0 amide bonds. The Morgan fingerprint density at radius 1 is 1.21 bits per heavy atom. The molecule has 24 heavy (non-hydrogen) atoms. The van der Waals surface area contributed by atoms with Crippen LogP contribution in [0.15, 0.2) is 30.6 Å². The van der Waals surface area contributed by atoms with Crippen LogP contribution in [0.25, 0.3) is 0 Å². The van der Waals surface area contributed by atoms with Crippen molar-refractivity contribution in [3.8, 4) is 11.6 Å². The third-order valence-corrected chi connectivity index (χ3v) is 4.27. The molecule has 1 aliphatic rings. The van der Waals surface area contributed by atoms with E-state index in [-0.39, 0.29) is 11.6 Å². The molecule has 0 N–H and O–H groups in total. The van der Waals surface area contributed by atoms with Crippen LogP contribution >= 0.6 is 0 Å². The fourth-order valence-electron chi connectivity index (χ4n) is 2.76. The van der Waals surface area contributed by atoms with Gasteiger partial charge in [0, 0.05) is 13.1 Å². The number of ether oxygens (including phenoxy) is 1. The zero-order valence-electron chi connectivity index (χ0n) is 13.8. The first-order chi connectivity index (χ1) is 11.5. The Bertz CT molecular complexity index is 725. The van der Waals surface area contributed by atoms with Crippen LogP contribution in [0.2, 0.25) is 0 Å². The van der Waals surface area contributed by atoms with E-state index in [0.29, 0.717) is 17.5 Å². The quantitative estimate of drug-likeness (QED) is 0.628. The van der Waals surface area contributed by atoms with Crippen molar-refractivity contribution in [1.82, 2.24) is 9.97 Å². The van der Waals surface area contributed by atoms with Crippen LogP contribution < -0.4 is 9.64 Å². The van der Waals surface area contributed by atoms with Gasteiger partial charge < -0.3 is 9.64 Å². The van der Waals surface area contributed by atoms with Gasteiger partial charge in [-0.2, -0.15) is 4.98 Å². The van der Waals surface area contributed by atoms with Crippen molar-refractivity contribution in [3.05, 3.63) is 46.3 Å². The molecule has 0 radical (unpaired) electrons. The molecule has 2 aromatic rings. The van der Waals surface area contributed by atoms with E-state index in [0.717, 1.165) is 31.5 Å². The number of anilines is 1. The summed E-state index contributed by atoms with van der Waals surface area (Å²) in [5.74, 6) is 1.46. The monoisotopic (exact) mass is 328 g/mol. The van der Waals surface area contributed by atoms with Crippen LogP contribution in [-0.4, -0.2) is 28.0 Å². The molecule has 7 nitrogen and oxygen atoms in total. The third-order valence-electron chi connectivity index (χ3n) is 4.27. The summed E-state index contributed by atoms with van der Waals surface area (Å²) in [5.41, 5.74) is 0.912. The summed E-state index contributed by atoms with van der Waals surface area (Å²) in [6, 6.07) is 7.30. The minimum Gasteiger partial charge on any atom is -0.434 e. The van der Waals surface area contributed by atoms with Gasteiger partial charge in [0.05, 0.1) is 4.92 Å². The first-order valence-corrected chi connectivity index (χ1v) is 8.03.